The Balaban J connectivity index is 2.69. The minimum Gasteiger partial charge on any atom is -0.485 e. The van der Waals surface area contributed by atoms with E-state index < -0.39 is 18.8 Å². The molecule has 0 aliphatic carbocycles. The predicted molar refractivity (Wildman–Crippen MR) is 47.5 cm³/mol. The fourth-order valence-corrected chi connectivity index (χ4v) is 1.06. The van der Waals surface area contributed by atoms with Gasteiger partial charge in [-0.1, -0.05) is 6.07 Å². The number of halogens is 4. The van der Waals surface area contributed by atoms with Crippen LogP contribution in [-0.2, 0) is 5.88 Å². The summed E-state index contributed by atoms with van der Waals surface area (Å²) in [5.74, 6) is -0.686. The van der Waals surface area contributed by atoms with Crippen molar-refractivity contribution in [3.63, 3.8) is 0 Å². The summed E-state index contributed by atoms with van der Waals surface area (Å²) in [6, 6.07) is 3.97. The van der Waals surface area contributed by atoms with Crippen molar-refractivity contribution in [2.24, 2.45) is 0 Å². The van der Waals surface area contributed by atoms with E-state index in [0.717, 1.165) is 6.07 Å². The largest absolute Gasteiger partial charge is 0.485 e. The van der Waals surface area contributed by atoms with Crippen LogP contribution in [0.2, 0.25) is 0 Å². The van der Waals surface area contributed by atoms with Gasteiger partial charge in [-0.25, -0.2) is 13.2 Å². The third-order valence-electron chi connectivity index (χ3n) is 1.52. The Bertz CT molecular complexity index is 304. The summed E-state index contributed by atoms with van der Waals surface area (Å²) in [5, 5.41) is 0. The number of benzene rings is 1. The topological polar surface area (TPSA) is 9.23 Å². The maximum absolute atomic E-state index is 13.1. The first kappa shape index (κ1) is 11.2. The fraction of sp³-hybridized carbons (Fsp3) is 0.333. The highest BCUT2D eigenvalue weighted by Crippen LogP contribution is 2.19. The van der Waals surface area contributed by atoms with Gasteiger partial charge in [-0.15, -0.1) is 11.6 Å². The SMILES string of the molecule is Fc1cc(CCl)ccc1OCC(F)F. The fourth-order valence-electron chi connectivity index (χ4n) is 0.897. The Morgan fingerprint density at radius 3 is 2.57 bits per heavy atom. The molecule has 0 radical (unpaired) electrons. The number of hydrogen-bond donors (Lipinski definition) is 0. The molecule has 0 saturated heterocycles. The van der Waals surface area contributed by atoms with Gasteiger partial charge in [0, 0.05) is 5.88 Å². The van der Waals surface area contributed by atoms with Crippen molar-refractivity contribution in [2.45, 2.75) is 12.3 Å². The lowest BCUT2D eigenvalue weighted by Crippen LogP contribution is -2.08. The van der Waals surface area contributed by atoms with Gasteiger partial charge in [-0.2, -0.15) is 0 Å². The lowest BCUT2D eigenvalue weighted by Gasteiger charge is -2.06. The second-order valence-electron chi connectivity index (χ2n) is 2.60. The van der Waals surface area contributed by atoms with E-state index in [1.54, 1.807) is 0 Å². The molecule has 1 aromatic rings. The highest BCUT2D eigenvalue weighted by atomic mass is 35.5. The van der Waals surface area contributed by atoms with Crippen LogP contribution in [-0.4, -0.2) is 13.0 Å². The van der Waals surface area contributed by atoms with E-state index in [0.29, 0.717) is 5.56 Å². The van der Waals surface area contributed by atoms with Crippen LogP contribution in [0.25, 0.3) is 0 Å². The molecular formula is C9H8ClF3O. The molecule has 0 unspecified atom stereocenters. The Morgan fingerprint density at radius 2 is 2.07 bits per heavy atom. The van der Waals surface area contributed by atoms with E-state index in [2.05, 4.69) is 4.74 Å². The van der Waals surface area contributed by atoms with Crippen LogP contribution >= 0.6 is 11.6 Å². The number of alkyl halides is 3. The standard InChI is InChI=1S/C9H8ClF3O/c10-4-6-1-2-8(7(11)3-6)14-5-9(12)13/h1-3,9H,4-5H2. The third-order valence-corrected chi connectivity index (χ3v) is 1.82. The normalized spacial score (nSPS) is 10.6. The molecule has 0 atom stereocenters. The van der Waals surface area contributed by atoms with Crippen molar-refractivity contribution in [3.8, 4) is 5.75 Å². The van der Waals surface area contributed by atoms with Crippen LogP contribution in [0.1, 0.15) is 5.56 Å². The summed E-state index contributed by atoms with van der Waals surface area (Å²) in [5.41, 5.74) is 0.577. The van der Waals surface area contributed by atoms with Crippen LogP contribution in [0.3, 0.4) is 0 Å². The van der Waals surface area contributed by atoms with Gasteiger partial charge in [-0.3, -0.25) is 0 Å². The molecule has 0 fully saturated rings. The first-order chi connectivity index (χ1) is 6.63. The second-order valence-corrected chi connectivity index (χ2v) is 2.87. The minimum absolute atomic E-state index is 0.173. The molecule has 0 aliphatic rings. The van der Waals surface area contributed by atoms with Crippen LogP contribution in [0.5, 0.6) is 5.75 Å². The molecule has 78 valence electrons. The average molecular weight is 225 g/mol. The lowest BCUT2D eigenvalue weighted by molar-refractivity contribution is 0.0799. The van der Waals surface area contributed by atoms with Gasteiger partial charge >= 0.3 is 0 Å². The highest BCUT2D eigenvalue weighted by Gasteiger charge is 2.08. The molecule has 1 nitrogen and oxygen atoms in total. The maximum atomic E-state index is 13.1. The quantitative estimate of drug-likeness (QED) is 0.714. The Kier molecular flexibility index (Phi) is 4.07. The number of ether oxygens (including phenoxy) is 1. The van der Waals surface area contributed by atoms with E-state index in [9.17, 15) is 13.2 Å². The van der Waals surface area contributed by atoms with E-state index in [4.69, 9.17) is 11.6 Å². The second kappa shape index (κ2) is 5.10. The molecule has 14 heavy (non-hydrogen) atoms. The van der Waals surface area contributed by atoms with Gasteiger partial charge in [-0.05, 0) is 17.7 Å². The maximum Gasteiger partial charge on any atom is 0.272 e. The zero-order chi connectivity index (χ0) is 10.6. The Labute approximate surface area is 84.4 Å². The minimum atomic E-state index is -2.61. The number of rotatable bonds is 4. The molecule has 1 rings (SSSR count). The molecular weight excluding hydrogens is 217 g/mol. The van der Waals surface area contributed by atoms with E-state index in [-0.39, 0.29) is 11.6 Å². The molecule has 0 aromatic heterocycles. The van der Waals surface area contributed by atoms with Crippen LogP contribution in [0.15, 0.2) is 18.2 Å². The highest BCUT2D eigenvalue weighted by molar-refractivity contribution is 6.17. The van der Waals surface area contributed by atoms with Gasteiger partial charge in [0.2, 0.25) is 0 Å². The van der Waals surface area contributed by atoms with E-state index in [1.807, 2.05) is 0 Å². The zero-order valence-electron chi connectivity index (χ0n) is 7.14. The van der Waals surface area contributed by atoms with Crippen LogP contribution in [0.4, 0.5) is 13.2 Å². The summed E-state index contributed by atoms with van der Waals surface area (Å²) in [7, 11) is 0. The van der Waals surface area contributed by atoms with E-state index >= 15 is 0 Å². The molecule has 5 heteroatoms. The van der Waals surface area contributed by atoms with Gasteiger partial charge in [0.05, 0.1) is 0 Å². The monoisotopic (exact) mass is 224 g/mol. The molecule has 0 N–H and O–H groups in total. The first-order valence-electron chi connectivity index (χ1n) is 3.89. The molecule has 0 amide bonds. The van der Waals surface area contributed by atoms with Crippen molar-refractivity contribution in [1.29, 1.82) is 0 Å². The molecule has 0 spiro atoms. The van der Waals surface area contributed by atoms with Gasteiger partial charge < -0.3 is 4.74 Å². The third kappa shape index (κ3) is 3.10. The Hall–Kier alpha value is -0.900. The summed E-state index contributed by atoms with van der Waals surface area (Å²) in [4.78, 5) is 0. The van der Waals surface area contributed by atoms with Crippen molar-refractivity contribution in [1.82, 2.24) is 0 Å². The zero-order valence-corrected chi connectivity index (χ0v) is 7.90. The van der Waals surface area contributed by atoms with Crippen molar-refractivity contribution < 1.29 is 17.9 Å². The van der Waals surface area contributed by atoms with Crippen molar-refractivity contribution in [3.05, 3.63) is 29.6 Å². The smallest absolute Gasteiger partial charge is 0.272 e. The average Bonchev–Trinajstić information content (AvgIpc) is 2.15. The van der Waals surface area contributed by atoms with Gasteiger partial charge in [0.15, 0.2) is 11.6 Å². The van der Waals surface area contributed by atoms with Crippen LogP contribution < -0.4 is 4.74 Å². The summed E-state index contributed by atoms with van der Waals surface area (Å²) >= 11 is 5.45. The molecule has 0 aliphatic heterocycles. The molecule has 1 aromatic carbocycles. The summed E-state index contributed by atoms with van der Waals surface area (Å²) in [6.45, 7) is -0.808. The van der Waals surface area contributed by atoms with Crippen molar-refractivity contribution >= 4 is 11.6 Å². The first-order valence-corrected chi connectivity index (χ1v) is 4.42. The van der Waals surface area contributed by atoms with Crippen LogP contribution in [0, 0.1) is 5.82 Å². The predicted octanol–water partition coefficient (Wildman–Crippen LogP) is 3.21. The van der Waals surface area contributed by atoms with Gasteiger partial charge in [0.25, 0.3) is 6.43 Å². The molecule has 0 heterocycles. The van der Waals surface area contributed by atoms with Gasteiger partial charge in [0.1, 0.15) is 6.61 Å². The lowest BCUT2D eigenvalue weighted by atomic mass is 10.2. The summed E-state index contributed by atoms with van der Waals surface area (Å²) < 4.78 is 41.0. The Morgan fingerprint density at radius 1 is 1.36 bits per heavy atom. The van der Waals surface area contributed by atoms with E-state index in [1.165, 1.54) is 12.1 Å². The number of hydrogen-bond acceptors (Lipinski definition) is 1. The van der Waals surface area contributed by atoms with Crippen molar-refractivity contribution in [2.75, 3.05) is 6.61 Å². The molecule has 0 saturated carbocycles. The molecule has 0 bridgehead atoms. The summed E-state index contributed by atoms with van der Waals surface area (Å²) in [6.07, 6.45) is -2.61.